The fraction of sp³-hybridized carbons (Fsp3) is 0.400. The summed E-state index contributed by atoms with van der Waals surface area (Å²) in [6, 6.07) is 2.74. The molecule has 0 saturated heterocycles. The maximum Gasteiger partial charge on any atom is 0.401 e. The van der Waals surface area contributed by atoms with Crippen LogP contribution in [0.3, 0.4) is 0 Å². The van der Waals surface area contributed by atoms with Crippen LogP contribution in [0.4, 0.5) is 13.2 Å². The number of pyridine rings is 1. The molecule has 1 rings (SSSR count). The fourth-order valence-corrected chi connectivity index (χ4v) is 1.36. The molecule has 1 aromatic heterocycles. The third-order valence-electron chi connectivity index (χ3n) is 1.95. The number of aromatic carboxylic acids is 1. The Kier molecular flexibility index (Phi) is 4.06. The first-order valence-corrected chi connectivity index (χ1v) is 4.71. The number of carboxylic acid groups (broad SMARTS) is 1. The molecule has 0 aromatic carbocycles. The molecule has 17 heavy (non-hydrogen) atoms. The van der Waals surface area contributed by atoms with Crippen molar-refractivity contribution in [2.24, 2.45) is 0 Å². The van der Waals surface area contributed by atoms with Gasteiger partial charge in [0.1, 0.15) is 5.69 Å². The Morgan fingerprint density at radius 2 is 2.18 bits per heavy atom. The Morgan fingerprint density at radius 1 is 1.53 bits per heavy atom. The van der Waals surface area contributed by atoms with Gasteiger partial charge in [0.05, 0.1) is 6.54 Å². The minimum Gasteiger partial charge on any atom is -0.477 e. The summed E-state index contributed by atoms with van der Waals surface area (Å²) in [7, 11) is 1.31. The van der Waals surface area contributed by atoms with E-state index in [1.54, 1.807) is 0 Å². The second kappa shape index (κ2) is 5.13. The van der Waals surface area contributed by atoms with Crippen LogP contribution in [-0.2, 0) is 6.54 Å². The molecule has 7 heteroatoms. The maximum absolute atomic E-state index is 12.1. The van der Waals surface area contributed by atoms with Crippen LogP contribution in [0.1, 0.15) is 16.1 Å². The largest absolute Gasteiger partial charge is 0.477 e. The molecular formula is C10H11F3N2O2. The summed E-state index contributed by atoms with van der Waals surface area (Å²) in [5.41, 5.74) is 0.298. The molecule has 0 unspecified atom stereocenters. The maximum atomic E-state index is 12.1. The molecule has 1 aromatic rings. The van der Waals surface area contributed by atoms with Crippen LogP contribution in [-0.4, -0.2) is 40.7 Å². The van der Waals surface area contributed by atoms with Gasteiger partial charge in [-0.25, -0.2) is 9.78 Å². The van der Waals surface area contributed by atoms with Crippen molar-refractivity contribution in [3.63, 3.8) is 0 Å². The minimum atomic E-state index is -4.27. The van der Waals surface area contributed by atoms with E-state index >= 15 is 0 Å². The van der Waals surface area contributed by atoms with Crippen molar-refractivity contribution in [1.29, 1.82) is 0 Å². The average molecular weight is 248 g/mol. The predicted octanol–water partition coefficient (Wildman–Crippen LogP) is 1.77. The molecule has 0 spiro atoms. The van der Waals surface area contributed by atoms with Gasteiger partial charge in [-0.3, -0.25) is 4.90 Å². The first-order valence-electron chi connectivity index (χ1n) is 4.71. The second-order valence-corrected chi connectivity index (χ2v) is 3.64. The summed E-state index contributed by atoms with van der Waals surface area (Å²) in [5.74, 6) is -1.20. The van der Waals surface area contributed by atoms with Gasteiger partial charge in [-0.05, 0) is 24.7 Å². The zero-order chi connectivity index (χ0) is 13.1. The lowest BCUT2D eigenvalue weighted by Crippen LogP contribution is -2.30. The Hall–Kier alpha value is -1.63. The third-order valence-corrected chi connectivity index (χ3v) is 1.95. The third kappa shape index (κ3) is 4.81. The van der Waals surface area contributed by atoms with E-state index in [9.17, 15) is 18.0 Å². The van der Waals surface area contributed by atoms with Crippen molar-refractivity contribution < 1.29 is 23.1 Å². The lowest BCUT2D eigenvalue weighted by atomic mass is 10.2. The molecule has 94 valence electrons. The topological polar surface area (TPSA) is 53.4 Å². The Balaban J connectivity index is 2.68. The van der Waals surface area contributed by atoms with Crippen molar-refractivity contribution >= 4 is 5.97 Å². The number of halogens is 3. The quantitative estimate of drug-likeness (QED) is 0.882. The summed E-state index contributed by atoms with van der Waals surface area (Å²) in [6.07, 6.45) is -3.00. The van der Waals surface area contributed by atoms with Crippen LogP contribution >= 0.6 is 0 Å². The van der Waals surface area contributed by atoms with Gasteiger partial charge in [-0.1, -0.05) is 0 Å². The summed E-state index contributed by atoms with van der Waals surface area (Å²) < 4.78 is 36.2. The number of aromatic nitrogens is 1. The molecule has 0 saturated carbocycles. The number of carbonyl (C=O) groups is 1. The predicted molar refractivity (Wildman–Crippen MR) is 53.6 cm³/mol. The van der Waals surface area contributed by atoms with Crippen molar-refractivity contribution in [1.82, 2.24) is 9.88 Å². The number of rotatable bonds is 4. The van der Waals surface area contributed by atoms with E-state index in [2.05, 4.69) is 4.98 Å². The average Bonchev–Trinajstić information content (AvgIpc) is 2.14. The second-order valence-electron chi connectivity index (χ2n) is 3.64. The molecule has 0 atom stereocenters. The monoisotopic (exact) mass is 248 g/mol. The zero-order valence-corrected chi connectivity index (χ0v) is 9.03. The molecule has 1 N–H and O–H groups in total. The van der Waals surface area contributed by atoms with Gasteiger partial charge < -0.3 is 5.11 Å². The number of alkyl halides is 3. The first-order chi connectivity index (χ1) is 7.78. The van der Waals surface area contributed by atoms with Crippen LogP contribution in [0.15, 0.2) is 18.3 Å². The van der Waals surface area contributed by atoms with Gasteiger partial charge in [-0.2, -0.15) is 13.2 Å². The van der Waals surface area contributed by atoms with Crippen molar-refractivity contribution in [2.75, 3.05) is 13.6 Å². The summed E-state index contributed by atoms with van der Waals surface area (Å²) in [4.78, 5) is 15.2. The van der Waals surface area contributed by atoms with Crippen LogP contribution in [0.25, 0.3) is 0 Å². The molecule has 0 fully saturated rings. The van der Waals surface area contributed by atoms with Crippen molar-refractivity contribution in [3.8, 4) is 0 Å². The summed E-state index contributed by atoms with van der Waals surface area (Å²) in [6.45, 7) is -1.03. The molecule has 0 radical (unpaired) electrons. The van der Waals surface area contributed by atoms with Crippen molar-refractivity contribution in [3.05, 3.63) is 29.6 Å². The first kappa shape index (κ1) is 13.4. The highest BCUT2D eigenvalue weighted by atomic mass is 19.4. The summed E-state index contributed by atoms with van der Waals surface area (Å²) >= 11 is 0. The highest BCUT2D eigenvalue weighted by Crippen LogP contribution is 2.17. The molecule has 0 aliphatic rings. The Morgan fingerprint density at radius 3 is 2.71 bits per heavy atom. The molecule has 1 heterocycles. The normalized spacial score (nSPS) is 11.8. The molecule has 0 bridgehead atoms. The lowest BCUT2D eigenvalue weighted by molar-refractivity contribution is -0.144. The van der Waals surface area contributed by atoms with Gasteiger partial charge in [0, 0.05) is 12.7 Å². The van der Waals surface area contributed by atoms with Crippen LogP contribution < -0.4 is 0 Å². The van der Waals surface area contributed by atoms with Crippen LogP contribution in [0, 0.1) is 0 Å². The molecular weight excluding hydrogens is 237 g/mol. The molecule has 0 amide bonds. The van der Waals surface area contributed by atoms with E-state index in [-0.39, 0.29) is 12.2 Å². The standard InChI is InChI=1S/C10H11F3N2O2/c1-15(6-10(11,12)13)5-7-2-3-14-8(4-7)9(16)17/h2-4H,5-6H2,1H3,(H,16,17). The van der Waals surface area contributed by atoms with Crippen LogP contribution in [0.2, 0.25) is 0 Å². The highest BCUT2D eigenvalue weighted by Gasteiger charge is 2.29. The highest BCUT2D eigenvalue weighted by molar-refractivity contribution is 5.85. The Labute approximate surface area is 95.7 Å². The molecule has 0 aliphatic heterocycles. The lowest BCUT2D eigenvalue weighted by Gasteiger charge is -2.18. The summed E-state index contributed by atoms with van der Waals surface area (Å²) in [5, 5.41) is 8.67. The van der Waals surface area contributed by atoms with Gasteiger partial charge in [0.2, 0.25) is 0 Å². The number of hydrogen-bond donors (Lipinski definition) is 1. The van der Waals surface area contributed by atoms with Gasteiger partial charge in [0.15, 0.2) is 0 Å². The smallest absolute Gasteiger partial charge is 0.401 e. The fourth-order valence-electron chi connectivity index (χ4n) is 1.36. The minimum absolute atomic E-state index is 0.0162. The van der Waals surface area contributed by atoms with Gasteiger partial charge >= 0.3 is 12.1 Å². The van der Waals surface area contributed by atoms with E-state index in [1.165, 1.54) is 25.4 Å². The SMILES string of the molecule is CN(Cc1ccnc(C(=O)O)c1)CC(F)(F)F. The Bertz CT molecular complexity index is 407. The number of hydrogen-bond acceptors (Lipinski definition) is 3. The number of nitrogens with zero attached hydrogens (tertiary/aromatic N) is 2. The van der Waals surface area contributed by atoms with Crippen LogP contribution in [0.5, 0.6) is 0 Å². The van der Waals surface area contributed by atoms with E-state index in [0.717, 1.165) is 4.90 Å². The molecule has 4 nitrogen and oxygen atoms in total. The van der Waals surface area contributed by atoms with E-state index in [1.807, 2.05) is 0 Å². The van der Waals surface area contributed by atoms with Gasteiger partial charge in [-0.15, -0.1) is 0 Å². The van der Waals surface area contributed by atoms with Gasteiger partial charge in [0.25, 0.3) is 0 Å². The van der Waals surface area contributed by atoms with Crippen molar-refractivity contribution in [2.45, 2.75) is 12.7 Å². The molecule has 0 aliphatic carbocycles. The van der Waals surface area contributed by atoms with E-state index < -0.39 is 18.7 Å². The number of carboxylic acids is 1. The zero-order valence-electron chi connectivity index (χ0n) is 9.03. The van der Waals surface area contributed by atoms with E-state index in [4.69, 9.17) is 5.11 Å². The van der Waals surface area contributed by atoms with E-state index in [0.29, 0.717) is 5.56 Å².